The van der Waals surface area contributed by atoms with Crippen LogP contribution < -0.4 is 0 Å². The van der Waals surface area contributed by atoms with Gasteiger partial charge in [0.1, 0.15) is 0 Å². The first-order valence-corrected chi connectivity index (χ1v) is 4.84. The molecule has 0 aliphatic rings. The zero-order valence-electron chi connectivity index (χ0n) is 8.96. The van der Waals surface area contributed by atoms with Gasteiger partial charge in [0.15, 0.2) is 0 Å². The fourth-order valence-corrected chi connectivity index (χ4v) is 1.55. The summed E-state index contributed by atoms with van der Waals surface area (Å²) < 4.78 is 4.89. The summed E-state index contributed by atoms with van der Waals surface area (Å²) in [5.41, 5.74) is 3.40. The van der Waals surface area contributed by atoms with Crippen molar-refractivity contribution in [2.75, 3.05) is 6.61 Å². The average molecular weight is 192 g/mol. The molecule has 0 radical (unpaired) electrons. The molecule has 0 aliphatic heterocycles. The lowest BCUT2D eigenvalue weighted by Crippen LogP contribution is -2.07. The maximum atomic E-state index is 11.2. The minimum atomic E-state index is -0.155. The minimum absolute atomic E-state index is 0.155. The van der Waals surface area contributed by atoms with Gasteiger partial charge in [-0.05, 0) is 26.3 Å². The maximum Gasteiger partial charge on any atom is 0.310 e. The standard InChI is InChI=1S/C12H16O2/c1-4-14-12(13)8-11-6-9(2)5-10(3)7-11/h5-7H,4,8H2,1-3H3. The predicted octanol–water partition coefficient (Wildman–Crippen LogP) is 2.41. The maximum absolute atomic E-state index is 11.2. The first-order valence-electron chi connectivity index (χ1n) is 4.84. The van der Waals surface area contributed by atoms with Crippen LogP contribution in [0, 0.1) is 13.8 Å². The van der Waals surface area contributed by atoms with Crippen LogP contribution >= 0.6 is 0 Å². The molecule has 1 aromatic carbocycles. The highest BCUT2D eigenvalue weighted by Crippen LogP contribution is 2.09. The highest BCUT2D eigenvalue weighted by Gasteiger charge is 2.04. The number of ether oxygens (including phenoxy) is 1. The minimum Gasteiger partial charge on any atom is -0.466 e. The Morgan fingerprint density at radius 1 is 1.21 bits per heavy atom. The summed E-state index contributed by atoms with van der Waals surface area (Å²) in [6, 6.07) is 6.13. The van der Waals surface area contributed by atoms with Crippen molar-refractivity contribution >= 4 is 5.97 Å². The van der Waals surface area contributed by atoms with Crippen molar-refractivity contribution in [1.82, 2.24) is 0 Å². The molecule has 1 aromatic rings. The number of carbonyl (C=O) groups is 1. The summed E-state index contributed by atoms with van der Waals surface area (Å²) >= 11 is 0. The molecule has 0 amide bonds. The zero-order chi connectivity index (χ0) is 10.6. The molecule has 0 heterocycles. The monoisotopic (exact) mass is 192 g/mol. The van der Waals surface area contributed by atoms with Crippen LogP contribution in [-0.4, -0.2) is 12.6 Å². The van der Waals surface area contributed by atoms with Gasteiger partial charge >= 0.3 is 5.97 Å². The lowest BCUT2D eigenvalue weighted by molar-refractivity contribution is -0.142. The molecule has 0 aliphatic carbocycles. The summed E-state index contributed by atoms with van der Waals surface area (Å²) in [5.74, 6) is -0.155. The molecule has 0 N–H and O–H groups in total. The molecule has 0 spiro atoms. The Morgan fingerprint density at radius 3 is 2.29 bits per heavy atom. The molecule has 2 heteroatoms. The van der Waals surface area contributed by atoms with E-state index in [1.165, 1.54) is 11.1 Å². The lowest BCUT2D eigenvalue weighted by Gasteiger charge is -2.04. The van der Waals surface area contributed by atoms with Gasteiger partial charge in [-0.15, -0.1) is 0 Å². The summed E-state index contributed by atoms with van der Waals surface area (Å²) in [7, 11) is 0. The third kappa shape index (κ3) is 3.21. The van der Waals surface area contributed by atoms with Crippen molar-refractivity contribution in [1.29, 1.82) is 0 Å². The van der Waals surface area contributed by atoms with Crippen LogP contribution in [0.4, 0.5) is 0 Å². The smallest absolute Gasteiger partial charge is 0.310 e. The van der Waals surface area contributed by atoms with E-state index >= 15 is 0 Å². The van der Waals surface area contributed by atoms with E-state index in [0.29, 0.717) is 13.0 Å². The van der Waals surface area contributed by atoms with Gasteiger partial charge in [0.2, 0.25) is 0 Å². The van der Waals surface area contributed by atoms with Crippen LogP contribution in [0.15, 0.2) is 18.2 Å². The molecular weight excluding hydrogens is 176 g/mol. The van der Waals surface area contributed by atoms with Crippen molar-refractivity contribution in [3.63, 3.8) is 0 Å². The highest BCUT2D eigenvalue weighted by molar-refractivity contribution is 5.72. The number of aryl methyl sites for hydroxylation is 2. The quantitative estimate of drug-likeness (QED) is 0.687. The van der Waals surface area contributed by atoms with Gasteiger partial charge in [0.05, 0.1) is 13.0 Å². The first kappa shape index (κ1) is 10.8. The number of rotatable bonds is 3. The van der Waals surface area contributed by atoms with Gasteiger partial charge < -0.3 is 4.74 Å². The number of benzene rings is 1. The molecule has 1 rings (SSSR count). The van der Waals surface area contributed by atoms with E-state index < -0.39 is 0 Å². The van der Waals surface area contributed by atoms with Crippen molar-refractivity contribution < 1.29 is 9.53 Å². The molecule has 0 aromatic heterocycles. The molecule has 0 fully saturated rings. The van der Waals surface area contributed by atoms with E-state index in [1.54, 1.807) is 0 Å². The van der Waals surface area contributed by atoms with E-state index in [-0.39, 0.29) is 5.97 Å². The number of carbonyl (C=O) groups excluding carboxylic acids is 1. The number of esters is 1. The molecule has 0 saturated heterocycles. The summed E-state index contributed by atoms with van der Waals surface area (Å²) in [4.78, 5) is 11.2. The molecule has 0 atom stereocenters. The lowest BCUT2D eigenvalue weighted by atomic mass is 10.1. The van der Waals surface area contributed by atoms with Gasteiger partial charge in [-0.2, -0.15) is 0 Å². The van der Waals surface area contributed by atoms with Crippen molar-refractivity contribution in [2.24, 2.45) is 0 Å². The topological polar surface area (TPSA) is 26.3 Å². The Balaban J connectivity index is 2.71. The van der Waals surface area contributed by atoms with Gasteiger partial charge in [-0.25, -0.2) is 0 Å². The second-order valence-electron chi connectivity index (χ2n) is 3.48. The molecular formula is C12H16O2. The SMILES string of the molecule is CCOC(=O)Cc1cc(C)cc(C)c1. The van der Waals surface area contributed by atoms with E-state index in [0.717, 1.165) is 5.56 Å². The van der Waals surface area contributed by atoms with Gasteiger partial charge in [-0.1, -0.05) is 29.3 Å². The second kappa shape index (κ2) is 4.80. The Bertz CT molecular complexity index is 309. The molecule has 0 unspecified atom stereocenters. The zero-order valence-corrected chi connectivity index (χ0v) is 8.96. The van der Waals surface area contributed by atoms with Crippen LogP contribution in [0.3, 0.4) is 0 Å². The van der Waals surface area contributed by atoms with Crippen molar-refractivity contribution in [3.05, 3.63) is 34.9 Å². The Labute approximate surface area is 84.9 Å². The van der Waals surface area contributed by atoms with Gasteiger partial charge in [-0.3, -0.25) is 4.79 Å². The van der Waals surface area contributed by atoms with Crippen LogP contribution in [0.1, 0.15) is 23.6 Å². The third-order valence-corrected chi connectivity index (χ3v) is 1.94. The normalized spacial score (nSPS) is 9.93. The van der Waals surface area contributed by atoms with Crippen molar-refractivity contribution in [2.45, 2.75) is 27.2 Å². The van der Waals surface area contributed by atoms with E-state index in [4.69, 9.17) is 4.74 Å². The average Bonchev–Trinajstić information content (AvgIpc) is 2.01. The largest absolute Gasteiger partial charge is 0.466 e. The second-order valence-corrected chi connectivity index (χ2v) is 3.48. The van der Waals surface area contributed by atoms with E-state index in [1.807, 2.05) is 32.9 Å². The third-order valence-electron chi connectivity index (χ3n) is 1.94. The van der Waals surface area contributed by atoms with E-state index in [2.05, 4.69) is 6.07 Å². The Morgan fingerprint density at radius 2 is 1.79 bits per heavy atom. The van der Waals surface area contributed by atoms with Crippen LogP contribution in [0.5, 0.6) is 0 Å². The number of hydrogen-bond acceptors (Lipinski definition) is 2. The van der Waals surface area contributed by atoms with Gasteiger partial charge in [0, 0.05) is 0 Å². The van der Waals surface area contributed by atoms with Crippen LogP contribution in [-0.2, 0) is 16.0 Å². The van der Waals surface area contributed by atoms with Gasteiger partial charge in [0.25, 0.3) is 0 Å². The molecule has 0 saturated carbocycles. The van der Waals surface area contributed by atoms with Crippen LogP contribution in [0.2, 0.25) is 0 Å². The fourth-order valence-electron chi connectivity index (χ4n) is 1.55. The Kier molecular flexibility index (Phi) is 3.69. The summed E-state index contributed by atoms with van der Waals surface area (Å²) in [5, 5.41) is 0. The predicted molar refractivity (Wildman–Crippen MR) is 56.3 cm³/mol. The summed E-state index contributed by atoms with van der Waals surface area (Å²) in [6.45, 7) is 6.33. The highest BCUT2D eigenvalue weighted by atomic mass is 16.5. The first-order chi connectivity index (χ1) is 6.61. The molecule has 2 nitrogen and oxygen atoms in total. The molecule has 14 heavy (non-hydrogen) atoms. The fraction of sp³-hybridized carbons (Fsp3) is 0.417. The number of hydrogen-bond donors (Lipinski definition) is 0. The molecule has 0 bridgehead atoms. The van der Waals surface area contributed by atoms with E-state index in [9.17, 15) is 4.79 Å². The van der Waals surface area contributed by atoms with Crippen LogP contribution in [0.25, 0.3) is 0 Å². The van der Waals surface area contributed by atoms with Crippen molar-refractivity contribution in [3.8, 4) is 0 Å². The summed E-state index contributed by atoms with van der Waals surface area (Å²) in [6.07, 6.45) is 0.371. The molecule has 76 valence electrons. The Hall–Kier alpha value is -1.31.